The Morgan fingerprint density at radius 3 is 2.77 bits per heavy atom. The van der Waals surface area contributed by atoms with E-state index in [1.165, 1.54) is 0 Å². The summed E-state index contributed by atoms with van der Waals surface area (Å²) in [7, 11) is 0. The molecule has 0 aliphatic carbocycles. The maximum atomic E-state index is 5.77. The summed E-state index contributed by atoms with van der Waals surface area (Å²) in [6, 6.07) is -0.00940. The molecule has 5 nitrogen and oxygen atoms in total. The van der Waals surface area contributed by atoms with Gasteiger partial charge in [0, 0.05) is 12.6 Å². The molecule has 0 radical (unpaired) electrons. The number of aryl methyl sites for hydroxylation is 1. The zero-order valence-electron chi connectivity index (χ0n) is 7.27. The molecule has 13 heavy (non-hydrogen) atoms. The van der Waals surface area contributed by atoms with E-state index in [1.54, 1.807) is 6.92 Å². The van der Waals surface area contributed by atoms with Gasteiger partial charge in [0.1, 0.15) is 0 Å². The standard InChI is InChI=1S/C7H11N3O2.ClH/c1-4-9-7(12-10-4)6-5(8)2-3-11-6;/h5-6H,2-3,8H2,1H3;1H. The van der Waals surface area contributed by atoms with Crippen LogP contribution in [0.4, 0.5) is 0 Å². The van der Waals surface area contributed by atoms with E-state index in [2.05, 4.69) is 10.1 Å². The number of aromatic nitrogens is 2. The lowest BCUT2D eigenvalue weighted by atomic mass is 10.1. The predicted molar refractivity (Wildman–Crippen MR) is 47.6 cm³/mol. The first-order valence-corrected chi connectivity index (χ1v) is 3.95. The fraction of sp³-hybridized carbons (Fsp3) is 0.714. The Balaban J connectivity index is 0.000000845. The molecule has 6 heteroatoms. The largest absolute Gasteiger partial charge is 0.367 e. The van der Waals surface area contributed by atoms with Gasteiger partial charge in [0.05, 0.1) is 0 Å². The molecule has 74 valence electrons. The molecule has 2 N–H and O–H groups in total. The van der Waals surface area contributed by atoms with E-state index < -0.39 is 0 Å². The van der Waals surface area contributed by atoms with Crippen molar-refractivity contribution in [2.45, 2.75) is 25.5 Å². The highest BCUT2D eigenvalue weighted by molar-refractivity contribution is 5.85. The summed E-state index contributed by atoms with van der Waals surface area (Å²) in [6.07, 6.45) is 0.651. The molecule has 1 aromatic heterocycles. The summed E-state index contributed by atoms with van der Waals surface area (Å²) in [5.41, 5.74) is 5.77. The first-order chi connectivity index (χ1) is 5.77. The van der Waals surface area contributed by atoms with Gasteiger partial charge < -0.3 is 15.0 Å². The van der Waals surface area contributed by atoms with Gasteiger partial charge in [-0.3, -0.25) is 0 Å². The van der Waals surface area contributed by atoms with Crippen molar-refractivity contribution in [3.63, 3.8) is 0 Å². The maximum absolute atomic E-state index is 5.77. The van der Waals surface area contributed by atoms with Crippen LogP contribution in [-0.2, 0) is 4.74 Å². The van der Waals surface area contributed by atoms with Crippen molar-refractivity contribution in [3.8, 4) is 0 Å². The second kappa shape index (κ2) is 4.04. The van der Waals surface area contributed by atoms with Crippen molar-refractivity contribution in [1.82, 2.24) is 10.1 Å². The Kier molecular flexibility index (Phi) is 3.24. The minimum absolute atomic E-state index is 0. The number of halogens is 1. The lowest BCUT2D eigenvalue weighted by Gasteiger charge is -2.07. The van der Waals surface area contributed by atoms with E-state index in [-0.39, 0.29) is 24.6 Å². The van der Waals surface area contributed by atoms with Crippen LogP contribution in [-0.4, -0.2) is 22.8 Å². The zero-order valence-corrected chi connectivity index (χ0v) is 8.08. The molecule has 2 unspecified atom stereocenters. The van der Waals surface area contributed by atoms with Crippen LogP contribution >= 0.6 is 12.4 Å². The van der Waals surface area contributed by atoms with E-state index in [1.807, 2.05) is 0 Å². The summed E-state index contributed by atoms with van der Waals surface area (Å²) < 4.78 is 10.3. The van der Waals surface area contributed by atoms with Crippen LogP contribution in [0.1, 0.15) is 24.2 Å². The van der Waals surface area contributed by atoms with Crippen LogP contribution in [0.5, 0.6) is 0 Å². The molecule has 1 aliphatic rings. The highest BCUT2D eigenvalue weighted by atomic mass is 35.5. The van der Waals surface area contributed by atoms with Crippen molar-refractivity contribution in [2.24, 2.45) is 5.73 Å². The Bertz CT molecular complexity index is 278. The normalized spacial score (nSPS) is 27.2. The Hall–Kier alpha value is -0.650. The highest BCUT2D eigenvalue weighted by Crippen LogP contribution is 2.25. The Morgan fingerprint density at radius 2 is 2.31 bits per heavy atom. The fourth-order valence-electron chi connectivity index (χ4n) is 1.29. The highest BCUT2D eigenvalue weighted by Gasteiger charge is 2.30. The summed E-state index contributed by atoms with van der Waals surface area (Å²) in [5.74, 6) is 1.12. The minimum Gasteiger partial charge on any atom is -0.367 e. The molecule has 0 amide bonds. The van der Waals surface area contributed by atoms with Crippen LogP contribution in [0, 0.1) is 6.92 Å². The van der Waals surface area contributed by atoms with Crippen LogP contribution in [0.15, 0.2) is 4.52 Å². The molecular weight excluding hydrogens is 194 g/mol. The van der Waals surface area contributed by atoms with Gasteiger partial charge in [0.25, 0.3) is 5.89 Å². The van der Waals surface area contributed by atoms with Gasteiger partial charge in [-0.15, -0.1) is 12.4 Å². The van der Waals surface area contributed by atoms with Gasteiger partial charge in [-0.1, -0.05) is 5.16 Å². The maximum Gasteiger partial charge on any atom is 0.257 e. The molecule has 1 aliphatic heterocycles. The van der Waals surface area contributed by atoms with Gasteiger partial charge in [-0.2, -0.15) is 4.98 Å². The summed E-state index contributed by atoms with van der Waals surface area (Å²) >= 11 is 0. The molecule has 1 saturated heterocycles. The smallest absolute Gasteiger partial charge is 0.257 e. The van der Waals surface area contributed by atoms with Gasteiger partial charge in [0.2, 0.25) is 0 Å². The van der Waals surface area contributed by atoms with Crippen LogP contribution < -0.4 is 5.73 Å². The molecule has 1 fully saturated rings. The molecule has 1 aromatic rings. The molecular formula is C7H12ClN3O2. The lowest BCUT2D eigenvalue weighted by molar-refractivity contribution is 0.0767. The van der Waals surface area contributed by atoms with Crippen molar-refractivity contribution >= 4 is 12.4 Å². The number of ether oxygens (including phenoxy) is 1. The number of nitrogens with two attached hydrogens (primary N) is 1. The van der Waals surface area contributed by atoms with E-state index in [0.29, 0.717) is 18.3 Å². The number of hydrogen-bond acceptors (Lipinski definition) is 5. The van der Waals surface area contributed by atoms with Crippen molar-refractivity contribution in [2.75, 3.05) is 6.61 Å². The van der Waals surface area contributed by atoms with Crippen LogP contribution in [0.3, 0.4) is 0 Å². The number of hydrogen-bond donors (Lipinski definition) is 1. The topological polar surface area (TPSA) is 74.2 Å². The second-order valence-corrected chi connectivity index (χ2v) is 2.92. The van der Waals surface area contributed by atoms with Crippen LogP contribution in [0.25, 0.3) is 0 Å². The van der Waals surface area contributed by atoms with E-state index in [9.17, 15) is 0 Å². The molecule has 0 saturated carbocycles. The van der Waals surface area contributed by atoms with Gasteiger partial charge in [-0.25, -0.2) is 0 Å². The van der Waals surface area contributed by atoms with Crippen molar-refractivity contribution in [1.29, 1.82) is 0 Å². The SMILES string of the molecule is Cc1noc(C2OCCC2N)n1.Cl. The first kappa shape index (κ1) is 10.4. The Morgan fingerprint density at radius 1 is 1.54 bits per heavy atom. The molecule has 2 heterocycles. The molecule has 2 rings (SSSR count). The molecule has 0 bridgehead atoms. The molecule has 2 atom stereocenters. The van der Waals surface area contributed by atoms with Crippen molar-refractivity contribution in [3.05, 3.63) is 11.7 Å². The summed E-state index contributed by atoms with van der Waals surface area (Å²) in [4.78, 5) is 4.06. The van der Waals surface area contributed by atoms with Crippen LogP contribution in [0.2, 0.25) is 0 Å². The zero-order chi connectivity index (χ0) is 8.55. The third-order valence-electron chi connectivity index (χ3n) is 1.92. The average Bonchev–Trinajstić information content (AvgIpc) is 2.58. The number of nitrogens with zero attached hydrogens (tertiary/aromatic N) is 2. The minimum atomic E-state index is -0.203. The number of rotatable bonds is 1. The third-order valence-corrected chi connectivity index (χ3v) is 1.92. The van der Waals surface area contributed by atoms with E-state index in [0.717, 1.165) is 6.42 Å². The van der Waals surface area contributed by atoms with Gasteiger partial charge >= 0.3 is 0 Å². The fourth-order valence-corrected chi connectivity index (χ4v) is 1.29. The van der Waals surface area contributed by atoms with Gasteiger partial charge in [0.15, 0.2) is 11.9 Å². The third kappa shape index (κ3) is 1.99. The first-order valence-electron chi connectivity index (χ1n) is 3.95. The van der Waals surface area contributed by atoms with Gasteiger partial charge in [-0.05, 0) is 13.3 Å². The average molecular weight is 206 g/mol. The monoisotopic (exact) mass is 205 g/mol. The summed E-state index contributed by atoms with van der Waals surface area (Å²) in [5, 5.41) is 3.67. The van der Waals surface area contributed by atoms with Crippen molar-refractivity contribution < 1.29 is 9.26 Å². The summed E-state index contributed by atoms with van der Waals surface area (Å²) in [6.45, 7) is 2.45. The Labute approximate surface area is 82.0 Å². The van der Waals surface area contributed by atoms with E-state index >= 15 is 0 Å². The predicted octanol–water partition coefficient (Wildman–Crippen LogP) is 0.589. The molecule has 0 aromatic carbocycles. The lowest BCUT2D eigenvalue weighted by Crippen LogP contribution is -2.23. The second-order valence-electron chi connectivity index (χ2n) is 2.92. The van der Waals surface area contributed by atoms with E-state index in [4.69, 9.17) is 15.0 Å². The molecule has 0 spiro atoms. The quantitative estimate of drug-likeness (QED) is 0.726.